The van der Waals surface area contributed by atoms with E-state index in [4.69, 9.17) is 26.1 Å². The molecule has 0 aliphatic heterocycles. The molecule has 5 nitrogen and oxygen atoms in total. The Morgan fingerprint density at radius 1 is 0.848 bits per heavy atom. The number of nitrogens with zero attached hydrogens (tertiary/aromatic N) is 2. The third-order valence-electron chi connectivity index (χ3n) is 5.57. The van der Waals surface area contributed by atoms with Crippen LogP contribution in [0.2, 0.25) is 5.02 Å². The first-order valence-electron chi connectivity index (χ1n) is 11.2. The molecule has 0 atom stereocenters. The first-order chi connectivity index (χ1) is 16.2. The molecular weight excluding hydrogens is 436 g/mol. The highest BCUT2D eigenvalue weighted by Gasteiger charge is 2.12. The van der Waals surface area contributed by atoms with Gasteiger partial charge in [0.15, 0.2) is 0 Å². The van der Waals surface area contributed by atoms with Gasteiger partial charge in [-0.2, -0.15) is 0 Å². The first kappa shape index (κ1) is 22.9. The van der Waals surface area contributed by atoms with Gasteiger partial charge in [-0.3, -0.25) is 9.36 Å². The standard InChI is InChI=1S/C27H27ClN2O3/c1-32-22-14-10-20(11-15-22)26-29-25-9-5-4-8-24(25)27(31)30(26)18-6-2-3-7-19-33-23-16-12-21(28)13-17-23/h4-5,8-17H,2-3,6-7,18-19H2,1H3. The van der Waals surface area contributed by atoms with E-state index in [1.54, 1.807) is 11.7 Å². The van der Waals surface area contributed by atoms with Crippen molar-refractivity contribution in [2.45, 2.75) is 32.2 Å². The van der Waals surface area contributed by atoms with E-state index in [-0.39, 0.29) is 5.56 Å². The number of unbranched alkanes of at least 4 members (excludes halogenated alkanes) is 3. The molecule has 0 N–H and O–H groups in total. The maximum Gasteiger partial charge on any atom is 0.261 e. The number of hydrogen-bond acceptors (Lipinski definition) is 4. The molecule has 0 fully saturated rings. The Morgan fingerprint density at radius 3 is 2.30 bits per heavy atom. The van der Waals surface area contributed by atoms with Gasteiger partial charge in [0, 0.05) is 17.1 Å². The van der Waals surface area contributed by atoms with Crippen molar-refractivity contribution >= 4 is 22.5 Å². The van der Waals surface area contributed by atoms with E-state index in [9.17, 15) is 4.79 Å². The molecule has 4 rings (SSSR count). The molecule has 3 aromatic carbocycles. The molecule has 6 heteroatoms. The Bertz CT molecular complexity index is 1250. The summed E-state index contributed by atoms with van der Waals surface area (Å²) in [6.45, 7) is 1.28. The van der Waals surface area contributed by atoms with Gasteiger partial charge in [-0.15, -0.1) is 0 Å². The van der Waals surface area contributed by atoms with Gasteiger partial charge in [0.25, 0.3) is 5.56 Å². The third-order valence-corrected chi connectivity index (χ3v) is 5.82. The summed E-state index contributed by atoms with van der Waals surface area (Å²) < 4.78 is 12.8. The number of para-hydroxylation sites is 1. The van der Waals surface area contributed by atoms with Crippen LogP contribution in [-0.4, -0.2) is 23.3 Å². The van der Waals surface area contributed by atoms with Crippen LogP contribution < -0.4 is 15.0 Å². The number of aromatic nitrogens is 2. The van der Waals surface area contributed by atoms with Gasteiger partial charge in [0.2, 0.25) is 0 Å². The zero-order valence-electron chi connectivity index (χ0n) is 18.7. The van der Waals surface area contributed by atoms with Gasteiger partial charge in [-0.1, -0.05) is 36.6 Å². The lowest BCUT2D eigenvalue weighted by molar-refractivity contribution is 0.304. The zero-order chi connectivity index (χ0) is 23.0. The second kappa shape index (κ2) is 11.0. The van der Waals surface area contributed by atoms with Crippen molar-refractivity contribution in [1.82, 2.24) is 9.55 Å². The summed E-state index contributed by atoms with van der Waals surface area (Å²) in [6, 6.07) is 22.6. The summed E-state index contributed by atoms with van der Waals surface area (Å²) in [5.74, 6) is 2.29. The second-order valence-electron chi connectivity index (χ2n) is 7.85. The van der Waals surface area contributed by atoms with Crippen LogP contribution in [-0.2, 0) is 6.54 Å². The summed E-state index contributed by atoms with van der Waals surface area (Å²) in [5, 5.41) is 1.35. The van der Waals surface area contributed by atoms with Crippen LogP contribution in [0, 0.1) is 0 Å². The van der Waals surface area contributed by atoms with E-state index < -0.39 is 0 Å². The minimum absolute atomic E-state index is 0.00232. The van der Waals surface area contributed by atoms with Crippen molar-refractivity contribution in [2.24, 2.45) is 0 Å². The Morgan fingerprint density at radius 2 is 1.55 bits per heavy atom. The lowest BCUT2D eigenvalue weighted by Crippen LogP contribution is -2.23. The van der Waals surface area contributed by atoms with E-state index >= 15 is 0 Å². The molecule has 0 spiro atoms. The number of methoxy groups -OCH3 is 1. The number of halogens is 1. The maximum atomic E-state index is 13.3. The average molecular weight is 463 g/mol. The predicted octanol–water partition coefficient (Wildman–Crippen LogP) is 6.36. The molecule has 33 heavy (non-hydrogen) atoms. The lowest BCUT2D eigenvalue weighted by Gasteiger charge is -2.14. The Kier molecular flexibility index (Phi) is 7.63. The number of fused-ring (bicyclic) bond motifs is 1. The van der Waals surface area contributed by atoms with Crippen LogP contribution in [0.3, 0.4) is 0 Å². The molecule has 0 unspecified atom stereocenters. The van der Waals surface area contributed by atoms with E-state index in [1.807, 2.05) is 72.8 Å². The van der Waals surface area contributed by atoms with Gasteiger partial charge in [-0.25, -0.2) is 4.98 Å². The summed E-state index contributed by atoms with van der Waals surface area (Å²) in [5.41, 5.74) is 1.61. The lowest BCUT2D eigenvalue weighted by atomic mass is 10.1. The summed E-state index contributed by atoms with van der Waals surface area (Å²) in [6.07, 6.45) is 3.88. The van der Waals surface area contributed by atoms with Crippen molar-refractivity contribution in [2.75, 3.05) is 13.7 Å². The smallest absolute Gasteiger partial charge is 0.261 e. The van der Waals surface area contributed by atoms with Crippen LogP contribution in [0.25, 0.3) is 22.3 Å². The molecule has 1 aromatic heterocycles. The summed E-state index contributed by atoms with van der Waals surface area (Å²) in [7, 11) is 1.64. The quantitative estimate of drug-likeness (QED) is 0.257. The molecule has 170 valence electrons. The van der Waals surface area contributed by atoms with Gasteiger partial charge in [0.1, 0.15) is 17.3 Å². The first-order valence-corrected chi connectivity index (χ1v) is 11.6. The normalized spacial score (nSPS) is 11.0. The van der Waals surface area contributed by atoms with Crippen LogP contribution >= 0.6 is 11.6 Å². The van der Waals surface area contributed by atoms with Crippen LogP contribution in [0.1, 0.15) is 25.7 Å². The van der Waals surface area contributed by atoms with Crippen LogP contribution in [0.4, 0.5) is 0 Å². The van der Waals surface area contributed by atoms with Crippen molar-refractivity contribution < 1.29 is 9.47 Å². The fraction of sp³-hybridized carbons (Fsp3) is 0.259. The maximum absolute atomic E-state index is 13.3. The highest BCUT2D eigenvalue weighted by Crippen LogP contribution is 2.22. The zero-order valence-corrected chi connectivity index (χ0v) is 19.4. The highest BCUT2D eigenvalue weighted by molar-refractivity contribution is 6.30. The fourth-order valence-electron chi connectivity index (χ4n) is 3.78. The Labute approximate surface area is 198 Å². The topological polar surface area (TPSA) is 53.3 Å². The minimum atomic E-state index is -0.00232. The summed E-state index contributed by atoms with van der Waals surface area (Å²) >= 11 is 5.90. The average Bonchev–Trinajstić information content (AvgIpc) is 2.85. The van der Waals surface area contributed by atoms with Crippen molar-refractivity contribution in [3.8, 4) is 22.9 Å². The number of hydrogen-bond donors (Lipinski definition) is 0. The molecule has 0 radical (unpaired) electrons. The molecular formula is C27H27ClN2O3. The van der Waals surface area contributed by atoms with Gasteiger partial charge >= 0.3 is 0 Å². The van der Waals surface area contributed by atoms with Gasteiger partial charge in [0.05, 0.1) is 24.6 Å². The Balaban J connectivity index is 1.41. The van der Waals surface area contributed by atoms with Gasteiger partial charge < -0.3 is 9.47 Å². The van der Waals surface area contributed by atoms with E-state index in [0.717, 1.165) is 42.7 Å². The van der Waals surface area contributed by atoms with E-state index in [2.05, 4.69) is 0 Å². The van der Waals surface area contributed by atoms with Crippen molar-refractivity contribution in [3.05, 3.63) is 88.2 Å². The molecule has 0 bridgehead atoms. The highest BCUT2D eigenvalue weighted by atomic mass is 35.5. The molecule has 0 saturated carbocycles. The monoisotopic (exact) mass is 462 g/mol. The number of rotatable bonds is 10. The molecule has 1 heterocycles. The fourth-order valence-corrected chi connectivity index (χ4v) is 3.91. The Hall–Kier alpha value is -3.31. The molecule has 0 saturated heterocycles. The van der Waals surface area contributed by atoms with Crippen molar-refractivity contribution in [1.29, 1.82) is 0 Å². The van der Waals surface area contributed by atoms with Crippen molar-refractivity contribution in [3.63, 3.8) is 0 Å². The molecule has 0 aliphatic rings. The third kappa shape index (κ3) is 5.74. The van der Waals surface area contributed by atoms with Crippen LogP contribution in [0.5, 0.6) is 11.5 Å². The largest absolute Gasteiger partial charge is 0.497 e. The summed E-state index contributed by atoms with van der Waals surface area (Å²) in [4.78, 5) is 18.1. The van der Waals surface area contributed by atoms with Crippen LogP contribution in [0.15, 0.2) is 77.6 Å². The second-order valence-corrected chi connectivity index (χ2v) is 8.29. The molecule has 4 aromatic rings. The SMILES string of the molecule is COc1ccc(-c2nc3ccccc3c(=O)n2CCCCCCOc2ccc(Cl)cc2)cc1. The van der Waals surface area contributed by atoms with E-state index in [1.165, 1.54) is 0 Å². The van der Waals surface area contributed by atoms with E-state index in [0.29, 0.717) is 34.9 Å². The molecule has 0 amide bonds. The number of benzene rings is 3. The number of ether oxygens (including phenoxy) is 2. The minimum Gasteiger partial charge on any atom is -0.497 e. The van der Waals surface area contributed by atoms with Gasteiger partial charge in [-0.05, 0) is 73.5 Å². The predicted molar refractivity (Wildman–Crippen MR) is 133 cm³/mol. The molecule has 0 aliphatic carbocycles.